The van der Waals surface area contributed by atoms with E-state index in [0.717, 1.165) is 19.3 Å². The Bertz CT molecular complexity index is 553. The summed E-state index contributed by atoms with van der Waals surface area (Å²) in [6, 6.07) is 5.77. The van der Waals surface area contributed by atoms with E-state index in [1.807, 2.05) is 24.4 Å². The van der Waals surface area contributed by atoms with Crippen molar-refractivity contribution in [1.82, 2.24) is 9.78 Å². The lowest BCUT2D eigenvalue weighted by Crippen LogP contribution is -2.14. The zero-order valence-corrected chi connectivity index (χ0v) is 12.6. The molecule has 1 aromatic carbocycles. The van der Waals surface area contributed by atoms with Crippen molar-refractivity contribution in [1.29, 1.82) is 0 Å². The van der Waals surface area contributed by atoms with E-state index in [4.69, 9.17) is 18.0 Å². The normalized spacial score (nSPS) is 10.4. The molecule has 2 N–H and O–H groups in total. The molecular weight excluding hydrogens is 401 g/mol. The minimum absolute atomic E-state index is 0.355. The number of rotatable bonds is 2. The van der Waals surface area contributed by atoms with Crippen LogP contribution in [0.4, 0.5) is 0 Å². The van der Waals surface area contributed by atoms with Gasteiger partial charge in [0.1, 0.15) is 4.99 Å². The molecule has 16 heavy (non-hydrogen) atoms. The molecule has 0 radical (unpaired) electrons. The summed E-state index contributed by atoms with van der Waals surface area (Å²) in [4.78, 5) is 0.355. The quantitative estimate of drug-likeness (QED) is 0.614. The molecule has 0 bridgehead atoms. The highest BCUT2D eigenvalue weighted by atomic mass is 127. The average Bonchev–Trinajstić information content (AvgIpc) is 2.63. The van der Waals surface area contributed by atoms with Gasteiger partial charge in [-0.25, -0.2) is 4.68 Å². The Kier molecular flexibility index (Phi) is 3.60. The molecule has 0 fully saturated rings. The van der Waals surface area contributed by atoms with Crippen molar-refractivity contribution in [3.05, 3.63) is 44.2 Å². The molecule has 82 valence electrons. The first kappa shape index (κ1) is 12.0. The van der Waals surface area contributed by atoms with Gasteiger partial charge in [-0.1, -0.05) is 18.3 Å². The van der Waals surface area contributed by atoms with Crippen LogP contribution in [0.25, 0.3) is 5.69 Å². The zero-order valence-electron chi connectivity index (χ0n) is 8.02. The van der Waals surface area contributed by atoms with Crippen LogP contribution in [0.15, 0.2) is 35.1 Å². The predicted octanol–water partition coefficient (Wildman–Crippen LogP) is 2.87. The zero-order chi connectivity index (χ0) is 11.7. The van der Waals surface area contributed by atoms with Gasteiger partial charge in [0, 0.05) is 16.2 Å². The second kappa shape index (κ2) is 4.80. The van der Waals surface area contributed by atoms with Crippen molar-refractivity contribution in [3.8, 4) is 5.69 Å². The number of hydrogen-bond acceptors (Lipinski definition) is 2. The number of benzene rings is 1. The van der Waals surface area contributed by atoms with Crippen LogP contribution in [0.2, 0.25) is 0 Å². The maximum Gasteiger partial charge on any atom is 0.107 e. The van der Waals surface area contributed by atoms with Crippen LogP contribution in [0, 0.1) is 3.57 Å². The average molecular weight is 408 g/mol. The third-order valence-corrected chi connectivity index (χ3v) is 3.46. The van der Waals surface area contributed by atoms with E-state index < -0.39 is 0 Å². The summed E-state index contributed by atoms with van der Waals surface area (Å²) in [5.41, 5.74) is 7.40. The number of nitrogens with zero attached hydrogens (tertiary/aromatic N) is 2. The summed E-state index contributed by atoms with van der Waals surface area (Å²) >= 11 is 10.7. The fraction of sp³-hybridized carbons (Fsp3) is 0. The molecule has 0 atom stereocenters. The van der Waals surface area contributed by atoms with Crippen LogP contribution < -0.4 is 5.73 Å². The van der Waals surface area contributed by atoms with Gasteiger partial charge < -0.3 is 5.73 Å². The van der Waals surface area contributed by atoms with Gasteiger partial charge in [0.25, 0.3) is 0 Å². The molecule has 3 nitrogen and oxygen atoms in total. The van der Waals surface area contributed by atoms with Crippen LogP contribution in [0.3, 0.4) is 0 Å². The van der Waals surface area contributed by atoms with Crippen molar-refractivity contribution in [2.24, 2.45) is 5.73 Å². The summed E-state index contributed by atoms with van der Waals surface area (Å²) in [5, 5.41) is 4.24. The van der Waals surface area contributed by atoms with Gasteiger partial charge in [0.05, 0.1) is 15.5 Å². The van der Waals surface area contributed by atoms with Crippen LogP contribution in [-0.2, 0) is 0 Å². The van der Waals surface area contributed by atoms with E-state index in [1.54, 1.807) is 10.9 Å². The standard InChI is InChI=1S/C10H7BrIN3S/c11-7-2-1-3-8(9(7)10(13)16)15-5-6(12)4-14-15/h1-5H,(H2,13,16). The summed E-state index contributed by atoms with van der Waals surface area (Å²) < 4.78 is 3.70. The van der Waals surface area contributed by atoms with Crippen molar-refractivity contribution >= 4 is 55.7 Å². The Hall–Kier alpha value is -0.470. The lowest BCUT2D eigenvalue weighted by Gasteiger charge is -2.09. The fourth-order valence-corrected chi connectivity index (χ4v) is 2.68. The Morgan fingerprint density at radius 2 is 2.25 bits per heavy atom. The van der Waals surface area contributed by atoms with Gasteiger partial charge in [-0.2, -0.15) is 5.10 Å². The van der Waals surface area contributed by atoms with E-state index in [9.17, 15) is 0 Å². The Labute approximate surface area is 120 Å². The number of thiocarbonyl (C=S) groups is 1. The molecule has 2 aromatic rings. The van der Waals surface area contributed by atoms with Gasteiger partial charge in [-0.3, -0.25) is 0 Å². The minimum Gasteiger partial charge on any atom is -0.389 e. The summed E-state index contributed by atoms with van der Waals surface area (Å²) in [6.07, 6.45) is 3.70. The summed E-state index contributed by atoms with van der Waals surface area (Å²) in [6.45, 7) is 0. The van der Waals surface area contributed by atoms with Gasteiger partial charge >= 0.3 is 0 Å². The van der Waals surface area contributed by atoms with E-state index in [1.165, 1.54) is 0 Å². The molecule has 0 spiro atoms. The summed E-state index contributed by atoms with van der Waals surface area (Å²) in [5.74, 6) is 0. The van der Waals surface area contributed by atoms with Crippen molar-refractivity contribution in [2.45, 2.75) is 0 Å². The maximum atomic E-state index is 5.72. The lowest BCUT2D eigenvalue weighted by atomic mass is 10.2. The first-order valence-corrected chi connectivity index (χ1v) is 6.66. The first-order valence-electron chi connectivity index (χ1n) is 4.38. The Morgan fingerprint density at radius 1 is 1.50 bits per heavy atom. The molecule has 1 heterocycles. The molecule has 0 unspecified atom stereocenters. The number of aromatic nitrogens is 2. The summed E-state index contributed by atoms with van der Waals surface area (Å²) in [7, 11) is 0. The molecule has 0 saturated heterocycles. The van der Waals surface area contributed by atoms with Crippen molar-refractivity contribution in [3.63, 3.8) is 0 Å². The highest BCUT2D eigenvalue weighted by Gasteiger charge is 2.11. The molecule has 0 amide bonds. The minimum atomic E-state index is 0.355. The molecule has 2 rings (SSSR count). The van der Waals surface area contributed by atoms with Gasteiger partial charge in [0.15, 0.2) is 0 Å². The molecule has 1 aromatic heterocycles. The van der Waals surface area contributed by atoms with E-state index in [-0.39, 0.29) is 0 Å². The monoisotopic (exact) mass is 407 g/mol. The van der Waals surface area contributed by atoms with Gasteiger partial charge in [0.2, 0.25) is 0 Å². The molecule has 0 aliphatic heterocycles. The van der Waals surface area contributed by atoms with E-state index in [0.29, 0.717) is 4.99 Å². The largest absolute Gasteiger partial charge is 0.389 e. The molecule has 0 aliphatic rings. The number of hydrogen-bond donors (Lipinski definition) is 1. The molecule has 6 heteroatoms. The number of nitrogens with two attached hydrogens (primary N) is 1. The van der Waals surface area contributed by atoms with E-state index in [2.05, 4.69) is 43.6 Å². The van der Waals surface area contributed by atoms with Crippen molar-refractivity contribution < 1.29 is 0 Å². The molecular formula is C10H7BrIN3S. The maximum absolute atomic E-state index is 5.72. The predicted molar refractivity (Wildman–Crippen MR) is 79.9 cm³/mol. The van der Waals surface area contributed by atoms with Crippen LogP contribution in [0.5, 0.6) is 0 Å². The van der Waals surface area contributed by atoms with Crippen LogP contribution in [0.1, 0.15) is 5.56 Å². The third-order valence-electron chi connectivity index (χ3n) is 2.04. The van der Waals surface area contributed by atoms with Crippen LogP contribution >= 0.6 is 50.7 Å². The van der Waals surface area contributed by atoms with E-state index >= 15 is 0 Å². The van der Waals surface area contributed by atoms with Crippen molar-refractivity contribution in [2.75, 3.05) is 0 Å². The molecule has 0 aliphatic carbocycles. The van der Waals surface area contributed by atoms with Crippen LogP contribution in [-0.4, -0.2) is 14.8 Å². The smallest absolute Gasteiger partial charge is 0.107 e. The Balaban J connectivity index is 2.65. The third kappa shape index (κ3) is 2.28. The Morgan fingerprint density at radius 3 is 2.81 bits per heavy atom. The highest BCUT2D eigenvalue weighted by Crippen LogP contribution is 2.23. The first-order chi connectivity index (χ1) is 7.59. The fourth-order valence-electron chi connectivity index (χ4n) is 1.38. The lowest BCUT2D eigenvalue weighted by molar-refractivity contribution is 0.877. The SMILES string of the molecule is NC(=S)c1c(Br)cccc1-n1cc(I)cn1. The highest BCUT2D eigenvalue weighted by molar-refractivity contribution is 14.1. The number of halogens is 2. The second-order valence-corrected chi connectivity index (χ2v) is 5.64. The topological polar surface area (TPSA) is 43.8 Å². The molecule has 0 saturated carbocycles. The second-order valence-electron chi connectivity index (χ2n) is 3.10. The van der Waals surface area contributed by atoms with Gasteiger partial charge in [-0.15, -0.1) is 0 Å². The van der Waals surface area contributed by atoms with Gasteiger partial charge in [-0.05, 0) is 50.7 Å².